The zero-order valence-corrected chi connectivity index (χ0v) is 9.01. The molecule has 0 saturated heterocycles. The summed E-state index contributed by atoms with van der Waals surface area (Å²) in [7, 11) is -1.50. The Balaban J connectivity index is 2.42. The van der Waals surface area contributed by atoms with Crippen LogP contribution < -0.4 is 15.5 Å². The summed E-state index contributed by atoms with van der Waals surface area (Å²) in [5.74, 6) is 0.430. The van der Waals surface area contributed by atoms with Gasteiger partial charge in [-0.3, -0.25) is 4.79 Å². The first kappa shape index (κ1) is 12.5. The van der Waals surface area contributed by atoms with E-state index in [1.54, 1.807) is 24.3 Å². The van der Waals surface area contributed by atoms with Crippen LogP contribution >= 0.6 is 0 Å². The second kappa shape index (κ2) is 6.14. The molecule has 1 rings (SSSR count). The SMILES string of the molecule is CC(=O)NCCOc1cccc(B(O)O)c1. The molecule has 0 radical (unpaired) electrons. The minimum absolute atomic E-state index is 0.108. The maximum atomic E-state index is 10.6. The predicted octanol–water partition coefficient (Wildman–Crippen LogP) is -1.12. The Morgan fingerprint density at radius 3 is 2.88 bits per heavy atom. The van der Waals surface area contributed by atoms with Gasteiger partial charge in [-0.1, -0.05) is 12.1 Å². The fraction of sp³-hybridized carbons (Fsp3) is 0.300. The molecule has 0 fully saturated rings. The van der Waals surface area contributed by atoms with Crippen LogP contribution in [-0.2, 0) is 4.79 Å². The van der Waals surface area contributed by atoms with Gasteiger partial charge >= 0.3 is 7.12 Å². The van der Waals surface area contributed by atoms with Crippen molar-refractivity contribution in [1.29, 1.82) is 0 Å². The van der Waals surface area contributed by atoms with E-state index in [2.05, 4.69) is 5.32 Å². The van der Waals surface area contributed by atoms with E-state index in [0.717, 1.165) is 0 Å². The van der Waals surface area contributed by atoms with Gasteiger partial charge in [-0.2, -0.15) is 0 Å². The van der Waals surface area contributed by atoms with Crippen LogP contribution in [0, 0.1) is 0 Å². The first-order valence-corrected chi connectivity index (χ1v) is 4.93. The summed E-state index contributed by atoms with van der Waals surface area (Å²) in [6, 6.07) is 6.51. The Morgan fingerprint density at radius 2 is 2.25 bits per heavy atom. The average molecular weight is 223 g/mol. The molecule has 0 aliphatic rings. The Hall–Kier alpha value is -1.53. The van der Waals surface area contributed by atoms with E-state index in [1.165, 1.54) is 6.92 Å². The van der Waals surface area contributed by atoms with Gasteiger partial charge in [0.1, 0.15) is 12.4 Å². The lowest BCUT2D eigenvalue weighted by atomic mass is 9.80. The van der Waals surface area contributed by atoms with Crippen molar-refractivity contribution in [2.45, 2.75) is 6.92 Å². The number of amides is 1. The van der Waals surface area contributed by atoms with Gasteiger partial charge in [0.15, 0.2) is 0 Å². The number of benzene rings is 1. The molecule has 0 saturated carbocycles. The van der Waals surface area contributed by atoms with Gasteiger partial charge in [0, 0.05) is 6.92 Å². The molecule has 1 aromatic rings. The van der Waals surface area contributed by atoms with Crippen LogP contribution in [0.15, 0.2) is 24.3 Å². The number of ether oxygens (including phenoxy) is 1. The molecule has 1 amide bonds. The van der Waals surface area contributed by atoms with Crippen LogP contribution in [0.5, 0.6) is 5.75 Å². The molecule has 6 heteroatoms. The molecule has 16 heavy (non-hydrogen) atoms. The van der Waals surface area contributed by atoms with Gasteiger partial charge in [0.25, 0.3) is 0 Å². The number of hydrogen-bond acceptors (Lipinski definition) is 4. The van der Waals surface area contributed by atoms with Crippen molar-refractivity contribution in [3.8, 4) is 5.75 Å². The fourth-order valence-corrected chi connectivity index (χ4v) is 1.16. The lowest BCUT2D eigenvalue weighted by molar-refractivity contribution is -0.119. The molecule has 5 nitrogen and oxygen atoms in total. The van der Waals surface area contributed by atoms with Crippen molar-refractivity contribution < 1.29 is 19.6 Å². The standard InChI is InChI=1S/C10H14BNO4/c1-8(13)12-5-6-16-10-4-2-3-9(7-10)11(14)15/h2-4,7,14-15H,5-6H2,1H3,(H,12,13). The van der Waals surface area contributed by atoms with E-state index in [9.17, 15) is 4.79 Å². The Labute approximate surface area is 94.2 Å². The molecular formula is C10H14BNO4. The number of hydrogen-bond donors (Lipinski definition) is 3. The summed E-state index contributed by atoms with van der Waals surface area (Å²) in [6.45, 7) is 2.19. The van der Waals surface area contributed by atoms with E-state index in [4.69, 9.17) is 14.8 Å². The molecule has 1 aromatic carbocycles. The monoisotopic (exact) mass is 223 g/mol. The van der Waals surface area contributed by atoms with Gasteiger partial charge < -0.3 is 20.1 Å². The molecule has 86 valence electrons. The molecule has 0 aliphatic heterocycles. The van der Waals surface area contributed by atoms with Crippen molar-refractivity contribution >= 4 is 18.5 Å². The topological polar surface area (TPSA) is 78.8 Å². The highest BCUT2D eigenvalue weighted by atomic mass is 16.5. The lowest BCUT2D eigenvalue weighted by Crippen LogP contribution is -2.30. The minimum Gasteiger partial charge on any atom is -0.492 e. The number of nitrogens with one attached hydrogen (secondary N) is 1. The van der Waals surface area contributed by atoms with E-state index in [1.807, 2.05) is 0 Å². The van der Waals surface area contributed by atoms with Crippen LogP contribution in [-0.4, -0.2) is 36.2 Å². The predicted molar refractivity (Wildman–Crippen MR) is 60.4 cm³/mol. The Bertz CT molecular complexity index is 356. The second-order valence-electron chi connectivity index (χ2n) is 3.28. The maximum absolute atomic E-state index is 10.6. The number of carbonyl (C=O) groups excluding carboxylic acids is 1. The van der Waals surface area contributed by atoms with Gasteiger partial charge in [-0.05, 0) is 17.6 Å². The zero-order chi connectivity index (χ0) is 12.0. The molecule has 0 aromatic heterocycles. The maximum Gasteiger partial charge on any atom is 0.488 e. The first-order chi connectivity index (χ1) is 7.59. The molecule has 0 unspecified atom stereocenters. The first-order valence-electron chi connectivity index (χ1n) is 4.93. The third-order valence-electron chi connectivity index (χ3n) is 1.90. The number of carbonyl (C=O) groups is 1. The van der Waals surface area contributed by atoms with Crippen LogP contribution in [0.1, 0.15) is 6.92 Å². The molecule has 0 spiro atoms. The van der Waals surface area contributed by atoms with Crippen LogP contribution in [0.4, 0.5) is 0 Å². The van der Waals surface area contributed by atoms with Crippen molar-refractivity contribution in [2.75, 3.05) is 13.2 Å². The summed E-state index contributed by atoms with van der Waals surface area (Å²) < 4.78 is 5.31. The van der Waals surface area contributed by atoms with Gasteiger partial charge in [-0.15, -0.1) is 0 Å². The third kappa shape index (κ3) is 4.33. The van der Waals surface area contributed by atoms with Crippen LogP contribution in [0.2, 0.25) is 0 Å². The van der Waals surface area contributed by atoms with E-state index in [0.29, 0.717) is 24.4 Å². The van der Waals surface area contributed by atoms with Crippen molar-refractivity contribution in [3.05, 3.63) is 24.3 Å². The van der Waals surface area contributed by atoms with Crippen molar-refractivity contribution in [2.24, 2.45) is 0 Å². The highest BCUT2D eigenvalue weighted by Gasteiger charge is 2.10. The molecular weight excluding hydrogens is 209 g/mol. The number of rotatable bonds is 5. The normalized spacial score (nSPS) is 9.69. The smallest absolute Gasteiger partial charge is 0.488 e. The quantitative estimate of drug-likeness (QED) is 0.436. The van der Waals surface area contributed by atoms with Gasteiger partial charge in [0.2, 0.25) is 5.91 Å². The summed E-state index contributed by atoms with van der Waals surface area (Å²) in [5, 5.41) is 20.5. The van der Waals surface area contributed by atoms with Gasteiger partial charge in [0.05, 0.1) is 6.54 Å². The molecule has 0 heterocycles. The zero-order valence-electron chi connectivity index (χ0n) is 9.01. The summed E-state index contributed by atoms with van der Waals surface area (Å²) in [6.07, 6.45) is 0. The third-order valence-corrected chi connectivity index (χ3v) is 1.90. The van der Waals surface area contributed by atoms with Crippen LogP contribution in [0.25, 0.3) is 0 Å². The lowest BCUT2D eigenvalue weighted by Gasteiger charge is -2.07. The van der Waals surface area contributed by atoms with Crippen LogP contribution in [0.3, 0.4) is 0 Å². The van der Waals surface area contributed by atoms with Crippen molar-refractivity contribution in [1.82, 2.24) is 5.32 Å². The highest BCUT2D eigenvalue weighted by molar-refractivity contribution is 6.58. The largest absolute Gasteiger partial charge is 0.492 e. The molecule has 0 aliphatic carbocycles. The van der Waals surface area contributed by atoms with Gasteiger partial charge in [-0.25, -0.2) is 0 Å². The summed E-state index contributed by atoms with van der Waals surface area (Å²) >= 11 is 0. The molecule has 0 bridgehead atoms. The molecule has 3 N–H and O–H groups in total. The Morgan fingerprint density at radius 1 is 1.50 bits per heavy atom. The summed E-state index contributed by atoms with van der Waals surface area (Å²) in [4.78, 5) is 10.6. The second-order valence-corrected chi connectivity index (χ2v) is 3.28. The van der Waals surface area contributed by atoms with Crippen molar-refractivity contribution in [3.63, 3.8) is 0 Å². The van der Waals surface area contributed by atoms with E-state index >= 15 is 0 Å². The minimum atomic E-state index is -1.50. The average Bonchev–Trinajstić information content (AvgIpc) is 2.24. The van der Waals surface area contributed by atoms with E-state index in [-0.39, 0.29) is 5.91 Å². The Kier molecular flexibility index (Phi) is 4.82. The highest BCUT2D eigenvalue weighted by Crippen LogP contribution is 2.06. The van der Waals surface area contributed by atoms with E-state index < -0.39 is 7.12 Å². The fourth-order valence-electron chi connectivity index (χ4n) is 1.16. The summed E-state index contributed by atoms with van der Waals surface area (Å²) in [5.41, 5.74) is 0.372. The molecule has 0 atom stereocenters.